The van der Waals surface area contributed by atoms with Crippen molar-refractivity contribution in [2.75, 3.05) is 39.5 Å². The third-order valence-electron chi connectivity index (χ3n) is 5.23. The second-order valence-electron chi connectivity index (χ2n) is 7.39. The average molecular weight is 491 g/mol. The molecule has 4 rings (SSSR count). The van der Waals surface area contributed by atoms with E-state index < -0.39 is 12.3 Å². The lowest BCUT2D eigenvalue weighted by Gasteiger charge is -2.26. The molecule has 1 aromatic carbocycles. The zero-order valence-electron chi connectivity index (χ0n) is 18.2. The van der Waals surface area contributed by atoms with E-state index in [1.807, 2.05) is 0 Å². The highest BCUT2D eigenvalue weighted by Gasteiger charge is 2.21. The van der Waals surface area contributed by atoms with Crippen LogP contribution in [0.1, 0.15) is 22.3 Å². The second-order valence-corrected chi connectivity index (χ2v) is 7.69. The molecule has 0 spiro atoms. The number of pyridine rings is 1. The third-order valence-corrected chi connectivity index (χ3v) is 5.38. The lowest BCUT2D eigenvalue weighted by Crippen LogP contribution is -2.38. The number of ether oxygens (including phenoxy) is 2. The molecule has 12 heteroatoms. The number of hydrogen-bond acceptors (Lipinski definition) is 8. The number of hydrazine groups is 1. The van der Waals surface area contributed by atoms with Crippen LogP contribution in [-0.4, -0.2) is 64.9 Å². The highest BCUT2D eigenvalue weighted by Crippen LogP contribution is 2.33. The van der Waals surface area contributed by atoms with Gasteiger partial charge in [0, 0.05) is 43.2 Å². The number of carbonyl (C=O) groups excluding carboxylic acids is 1. The molecule has 1 aliphatic heterocycles. The molecule has 34 heavy (non-hydrogen) atoms. The van der Waals surface area contributed by atoms with Crippen LogP contribution in [0.3, 0.4) is 0 Å². The van der Waals surface area contributed by atoms with Gasteiger partial charge in [-0.25, -0.2) is 18.3 Å². The maximum atomic E-state index is 13.9. The predicted molar refractivity (Wildman–Crippen MR) is 125 cm³/mol. The van der Waals surface area contributed by atoms with Crippen LogP contribution in [-0.2, 0) is 4.74 Å². The molecular weight excluding hydrogens is 466 g/mol. The zero-order valence-corrected chi connectivity index (χ0v) is 19.0. The quantitative estimate of drug-likeness (QED) is 0.314. The predicted octanol–water partition coefficient (Wildman–Crippen LogP) is 2.68. The van der Waals surface area contributed by atoms with Crippen molar-refractivity contribution in [2.45, 2.75) is 6.43 Å². The maximum absolute atomic E-state index is 13.9. The van der Waals surface area contributed by atoms with Crippen molar-refractivity contribution in [1.29, 1.82) is 0 Å². The molecular formula is C22H24F2N6O3S. The first kappa shape index (κ1) is 23.9. The molecule has 3 aromatic rings. The molecule has 0 radical (unpaired) electrons. The molecule has 1 saturated heterocycles. The number of carbonyl (C=O) groups is 1. The van der Waals surface area contributed by atoms with Crippen molar-refractivity contribution >= 4 is 24.2 Å². The van der Waals surface area contributed by atoms with E-state index in [-0.39, 0.29) is 28.2 Å². The van der Waals surface area contributed by atoms with Crippen molar-refractivity contribution < 1.29 is 23.0 Å². The monoisotopic (exact) mass is 490 g/mol. The number of fused-ring (bicyclic) bond motifs is 1. The molecule has 3 heterocycles. The largest absolute Gasteiger partial charge is 0.492 e. The number of thiol groups is 1. The van der Waals surface area contributed by atoms with Crippen LogP contribution >= 0.6 is 12.6 Å². The lowest BCUT2D eigenvalue weighted by molar-refractivity contribution is 0.0322. The Bertz CT molecular complexity index is 1170. The van der Waals surface area contributed by atoms with E-state index in [0.717, 1.165) is 13.1 Å². The summed E-state index contributed by atoms with van der Waals surface area (Å²) in [5, 5.41) is 5.72. The number of rotatable bonds is 9. The first-order chi connectivity index (χ1) is 16.6. The summed E-state index contributed by atoms with van der Waals surface area (Å²) in [5.41, 5.74) is 5.42. The van der Waals surface area contributed by atoms with E-state index in [9.17, 15) is 13.6 Å². The topological polar surface area (TPSA) is 93.0 Å². The Hall–Kier alpha value is -3.22. The summed E-state index contributed by atoms with van der Waals surface area (Å²) in [6.07, 6.45) is 0.259. The fraction of sp³-hybridized carbons (Fsp3) is 0.318. The molecule has 0 saturated carbocycles. The highest BCUT2D eigenvalue weighted by molar-refractivity contribution is 7.83. The Morgan fingerprint density at radius 2 is 2.12 bits per heavy atom. The standard InChI is InChI=1S/C22H24F2N6O3S/c23-19(24)18-14-15(33-12-9-29-7-10-32-11-8-29)3-4-16(18)20-26-21-17(2-1-6-30(21)28-20)22(31)27-25-5-13-34/h1-6,13-14,19,25,34H,7-12H2,(H,27,31)/b13-5-. The molecule has 1 amide bonds. The summed E-state index contributed by atoms with van der Waals surface area (Å²) in [5.74, 6) is -0.0350. The normalized spacial score (nSPS) is 14.7. The Labute approximate surface area is 200 Å². The SMILES string of the molecule is O=C(NN/C=C\S)c1cccn2nc(-c3ccc(OCCN4CCOCC4)cc3C(F)F)nc12. The average Bonchev–Trinajstić information content (AvgIpc) is 3.29. The number of halogens is 2. The van der Waals surface area contributed by atoms with E-state index in [1.54, 1.807) is 24.4 Å². The van der Waals surface area contributed by atoms with Gasteiger partial charge in [-0.15, -0.1) is 17.7 Å². The fourth-order valence-corrected chi connectivity index (χ4v) is 3.62. The second kappa shape index (κ2) is 11.3. The van der Waals surface area contributed by atoms with E-state index in [1.165, 1.54) is 28.3 Å². The lowest BCUT2D eigenvalue weighted by atomic mass is 10.1. The highest BCUT2D eigenvalue weighted by atomic mass is 32.1. The molecule has 2 N–H and O–H groups in total. The summed E-state index contributed by atoms with van der Waals surface area (Å²) in [6.45, 7) is 4.08. The van der Waals surface area contributed by atoms with Gasteiger partial charge in [-0.3, -0.25) is 15.1 Å². The molecule has 2 aromatic heterocycles. The number of amides is 1. The van der Waals surface area contributed by atoms with Gasteiger partial charge in [-0.2, -0.15) is 0 Å². The van der Waals surface area contributed by atoms with Crippen LogP contribution in [0, 0.1) is 0 Å². The van der Waals surface area contributed by atoms with Crippen LogP contribution in [0.2, 0.25) is 0 Å². The number of nitrogens with zero attached hydrogens (tertiary/aromatic N) is 4. The van der Waals surface area contributed by atoms with Crippen molar-refractivity contribution in [2.24, 2.45) is 0 Å². The smallest absolute Gasteiger partial charge is 0.273 e. The Balaban J connectivity index is 1.55. The molecule has 0 atom stereocenters. The first-order valence-electron chi connectivity index (χ1n) is 10.6. The molecule has 0 bridgehead atoms. The number of benzene rings is 1. The van der Waals surface area contributed by atoms with Gasteiger partial charge in [-0.05, 0) is 35.7 Å². The van der Waals surface area contributed by atoms with Crippen LogP contribution in [0.5, 0.6) is 5.75 Å². The summed E-state index contributed by atoms with van der Waals surface area (Å²) in [7, 11) is 0. The Morgan fingerprint density at radius 3 is 2.88 bits per heavy atom. The van der Waals surface area contributed by atoms with Gasteiger partial charge < -0.3 is 14.9 Å². The minimum absolute atomic E-state index is 0.0821. The molecule has 180 valence electrons. The summed E-state index contributed by atoms with van der Waals surface area (Å²) >= 11 is 3.89. The first-order valence-corrected chi connectivity index (χ1v) is 11.1. The van der Waals surface area contributed by atoms with Gasteiger partial charge in [0.1, 0.15) is 12.4 Å². The van der Waals surface area contributed by atoms with E-state index >= 15 is 0 Å². The van der Waals surface area contributed by atoms with Crippen LogP contribution in [0.25, 0.3) is 17.0 Å². The third kappa shape index (κ3) is 5.64. The van der Waals surface area contributed by atoms with Gasteiger partial charge >= 0.3 is 0 Å². The van der Waals surface area contributed by atoms with E-state index in [2.05, 4.69) is 38.5 Å². The number of nitrogens with one attached hydrogen (secondary N) is 2. The number of alkyl halides is 2. The van der Waals surface area contributed by atoms with E-state index in [0.29, 0.717) is 32.1 Å². The van der Waals surface area contributed by atoms with Crippen molar-refractivity contribution in [3.05, 3.63) is 59.3 Å². The summed E-state index contributed by atoms with van der Waals surface area (Å²) in [6, 6.07) is 7.63. The van der Waals surface area contributed by atoms with Crippen molar-refractivity contribution in [1.82, 2.24) is 30.3 Å². The molecule has 0 aliphatic carbocycles. The zero-order chi connectivity index (χ0) is 23.9. The fourth-order valence-electron chi connectivity index (χ4n) is 3.54. The number of aromatic nitrogens is 3. The molecule has 0 unspecified atom stereocenters. The van der Waals surface area contributed by atoms with Crippen molar-refractivity contribution in [3.63, 3.8) is 0 Å². The molecule has 1 aliphatic rings. The van der Waals surface area contributed by atoms with Crippen molar-refractivity contribution in [3.8, 4) is 17.1 Å². The van der Waals surface area contributed by atoms with Crippen LogP contribution < -0.4 is 15.6 Å². The summed E-state index contributed by atoms with van der Waals surface area (Å²) in [4.78, 5) is 19.0. The van der Waals surface area contributed by atoms with Gasteiger partial charge in [0.2, 0.25) is 0 Å². The summed E-state index contributed by atoms with van der Waals surface area (Å²) < 4.78 is 40.2. The van der Waals surface area contributed by atoms with Gasteiger partial charge in [0.15, 0.2) is 11.5 Å². The Kier molecular flexibility index (Phi) is 7.93. The van der Waals surface area contributed by atoms with Crippen LogP contribution in [0.4, 0.5) is 8.78 Å². The van der Waals surface area contributed by atoms with Gasteiger partial charge in [-0.1, -0.05) is 0 Å². The number of hydrogen-bond donors (Lipinski definition) is 3. The Morgan fingerprint density at radius 1 is 1.29 bits per heavy atom. The minimum atomic E-state index is -2.76. The molecule has 9 nitrogen and oxygen atoms in total. The molecule has 1 fully saturated rings. The van der Waals surface area contributed by atoms with E-state index in [4.69, 9.17) is 9.47 Å². The van der Waals surface area contributed by atoms with Gasteiger partial charge in [0.25, 0.3) is 12.3 Å². The number of morpholine rings is 1. The van der Waals surface area contributed by atoms with Crippen LogP contribution in [0.15, 0.2) is 48.1 Å². The minimum Gasteiger partial charge on any atom is -0.492 e. The maximum Gasteiger partial charge on any atom is 0.273 e. The van der Waals surface area contributed by atoms with Gasteiger partial charge in [0.05, 0.1) is 18.8 Å².